The van der Waals surface area contributed by atoms with Crippen molar-refractivity contribution in [2.24, 2.45) is 0 Å². The molecule has 0 aliphatic rings. The number of furan rings is 1. The first kappa shape index (κ1) is 19.0. The van der Waals surface area contributed by atoms with Crippen LogP contribution >= 0.6 is 0 Å². The number of nitrogens with one attached hydrogen (secondary N) is 1. The molecule has 1 N–H and O–H groups in total. The van der Waals surface area contributed by atoms with Crippen molar-refractivity contribution in [1.29, 1.82) is 0 Å². The highest BCUT2D eigenvalue weighted by Crippen LogP contribution is 2.29. The lowest BCUT2D eigenvalue weighted by Gasteiger charge is -2.09. The Morgan fingerprint density at radius 1 is 1.11 bits per heavy atom. The number of rotatable bonds is 6. The average molecular weight is 377 g/mol. The van der Waals surface area contributed by atoms with Crippen molar-refractivity contribution in [2.75, 3.05) is 6.61 Å². The normalized spacial score (nSPS) is 11.7. The fraction of sp³-hybridized carbons (Fsp3) is 0.250. The summed E-state index contributed by atoms with van der Waals surface area (Å²) in [4.78, 5) is 12.6. The standard InChI is InChI=1S/C20H18F3NO3/c1-2-26-12-16-15-5-3-4-6-17(15)27-18(16)19(25)24-11-13-7-9-14(10-8-13)20(21,22)23/h3-10H,2,11-12H2,1H3,(H,24,25). The predicted molar refractivity (Wildman–Crippen MR) is 94.2 cm³/mol. The Balaban J connectivity index is 1.76. The second-order valence-electron chi connectivity index (χ2n) is 5.92. The van der Waals surface area contributed by atoms with Crippen LogP contribution in [0.4, 0.5) is 13.2 Å². The average Bonchev–Trinajstić information content (AvgIpc) is 3.02. The van der Waals surface area contributed by atoms with E-state index in [1.807, 2.05) is 19.1 Å². The van der Waals surface area contributed by atoms with E-state index in [4.69, 9.17) is 9.15 Å². The Kier molecular flexibility index (Phi) is 5.51. The van der Waals surface area contributed by atoms with Gasteiger partial charge < -0.3 is 14.5 Å². The molecule has 4 nitrogen and oxygen atoms in total. The zero-order chi connectivity index (χ0) is 19.4. The van der Waals surface area contributed by atoms with E-state index in [-0.39, 0.29) is 18.9 Å². The van der Waals surface area contributed by atoms with Crippen LogP contribution in [-0.4, -0.2) is 12.5 Å². The molecule has 0 aliphatic carbocycles. The van der Waals surface area contributed by atoms with Gasteiger partial charge in [-0.2, -0.15) is 13.2 Å². The number of para-hydroxylation sites is 1. The van der Waals surface area contributed by atoms with Crippen LogP contribution in [0, 0.1) is 0 Å². The molecule has 1 heterocycles. The Morgan fingerprint density at radius 2 is 1.81 bits per heavy atom. The van der Waals surface area contributed by atoms with E-state index in [1.54, 1.807) is 12.1 Å². The van der Waals surface area contributed by atoms with Gasteiger partial charge in [0.15, 0.2) is 5.76 Å². The van der Waals surface area contributed by atoms with Gasteiger partial charge in [-0.3, -0.25) is 4.79 Å². The highest BCUT2D eigenvalue weighted by molar-refractivity contribution is 5.99. The molecule has 0 radical (unpaired) electrons. The summed E-state index contributed by atoms with van der Waals surface area (Å²) in [5, 5.41) is 3.48. The number of hydrogen-bond acceptors (Lipinski definition) is 3. The van der Waals surface area contributed by atoms with Crippen LogP contribution in [0.2, 0.25) is 0 Å². The Morgan fingerprint density at radius 3 is 2.48 bits per heavy atom. The van der Waals surface area contributed by atoms with Crippen molar-refractivity contribution in [3.8, 4) is 0 Å². The van der Waals surface area contributed by atoms with E-state index < -0.39 is 17.6 Å². The largest absolute Gasteiger partial charge is 0.451 e. The molecule has 0 aliphatic heterocycles. The van der Waals surface area contributed by atoms with Crippen LogP contribution in [0.1, 0.15) is 34.2 Å². The molecule has 1 amide bonds. The molecule has 0 saturated heterocycles. The number of alkyl halides is 3. The molecule has 3 aromatic rings. The number of ether oxygens (including phenoxy) is 1. The summed E-state index contributed by atoms with van der Waals surface area (Å²) in [5.74, 6) is -0.294. The molecule has 0 spiro atoms. The maximum atomic E-state index is 12.6. The number of carbonyl (C=O) groups excluding carboxylic acids is 1. The van der Waals surface area contributed by atoms with Crippen LogP contribution in [0.5, 0.6) is 0 Å². The predicted octanol–water partition coefficient (Wildman–Crippen LogP) is 4.92. The van der Waals surface area contributed by atoms with Crippen LogP contribution in [0.3, 0.4) is 0 Å². The fourth-order valence-electron chi connectivity index (χ4n) is 2.70. The molecule has 2 aromatic carbocycles. The number of hydrogen-bond donors (Lipinski definition) is 1. The van der Waals surface area contributed by atoms with Gasteiger partial charge in [0.1, 0.15) is 5.58 Å². The minimum atomic E-state index is -4.38. The van der Waals surface area contributed by atoms with Crippen molar-refractivity contribution < 1.29 is 27.1 Å². The van der Waals surface area contributed by atoms with Crippen molar-refractivity contribution in [3.05, 3.63) is 71.0 Å². The van der Waals surface area contributed by atoms with Crippen molar-refractivity contribution in [2.45, 2.75) is 26.3 Å². The van der Waals surface area contributed by atoms with Gasteiger partial charge in [-0.15, -0.1) is 0 Å². The quantitative estimate of drug-likeness (QED) is 0.664. The van der Waals surface area contributed by atoms with Crippen molar-refractivity contribution >= 4 is 16.9 Å². The van der Waals surface area contributed by atoms with Gasteiger partial charge in [0, 0.05) is 24.1 Å². The number of benzene rings is 2. The fourth-order valence-corrected chi connectivity index (χ4v) is 2.70. The number of halogens is 3. The lowest BCUT2D eigenvalue weighted by Crippen LogP contribution is -2.23. The number of fused-ring (bicyclic) bond motifs is 1. The molecule has 0 atom stereocenters. The van der Waals surface area contributed by atoms with E-state index in [1.165, 1.54) is 12.1 Å². The molecule has 3 rings (SSSR count). The van der Waals surface area contributed by atoms with E-state index >= 15 is 0 Å². The molecule has 0 bridgehead atoms. The smallest absolute Gasteiger partial charge is 0.416 e. The maximum absolute atomic E-state index is 12.6. The third kappa shape index (κ3) is 4.31. The zero-order valence-electron chi connectivity index (χ0n) is 14.6. The highest BCUT2D eigenvalue weighted by Gasteiger charge is 2.30. The van der Waals surface area contributed by atoms with Crippen LogP contribution < -0.4 is 5.32 Å². The monoisotopic (exact) mass is 377 g/mol. The second kappa shape index (κ2) is 7.84. The first-order valence-electron chi connectivity index (χ1n) is 8.42. The van der Waals surface area contributed by atoms with Gasteiger partial charge in [-0.1, -0.05) is 30.3 Å². The van der Waals surface area contributed by atoms with E-state index in [9.17, 15) is 18.0 Å². The molecule has 1 aromatic heterocycles. The van der Waals surface area contributed by atoms with Gasteiger partial charge in [0.25, 0.3) is 5.91 Å². The summed E-state index contributed by atoms with van der Waals surface area (Å²) < 4.78 is 48.9. The summed E-state index contributed by atoms with van der Waals surface area (Å²) in [7, 11) is 0. The lowest BCUT2D eigenvalue weighted by molar-refractivity contribution is -0.137. The molecule has 7 heteroatoms. The summed E-state index contributed by atoms with van der Waals surface area (Å²) in [6.45, 7) is 2.66. The second-order valence-corrected chi connectivity index (χ2v) is 5.92. The van der Waals surface area contributed by atoms with Gasteiger partial charge in [-0.05, 0) is 30.7 Å². The molecular formula is C20H18F3NO3. The summed E-state index contributed by atoms with van der Waals surface area (Å²) in [5.41, 5.74) is 1.05. The zero-order valence-corrected chi connectivity index (χ0v) is 14.6. The Bertz CT molecular complexity index is 930. The van der Waals surface area contributed by atoms with E-state index in [0.29, 0.717) is 23.3 Å². The van der Waals surface area contributed by atoms with Crippen molar-refractivity contribution in [1.82, 2.24) is 5.32 Å². The van der Waals surface area contributed by atoms with E-state index in [2.05, 4.69) is 5.32 Å². The van der Waals surface area contributed by atoms with Crippen LogP contribution in [-0.2, 0) is 24.1 Å². The highest BCUT2D eigenvalue weighted by atomic mass is 19.4. The van der Waals surface area contributed by atoms with Gasteiger partial charge >= 0.3 is 6.18 Å². The number of amides is 1. The van der Waals surface area contributed by atoms with Crippen molar-refractivity contribution in [3.63, 3.8) is 0 Å². The molecule has 27 heavy (non-hydrogen) atoms. The molecule has 0 unspecified atom stereocenters. The SMILES string of the molecule is CCOCc1c(C(=O)NCc2ccc(C(F)(F)F)cc2)oc2ccccc12. The minimum Gasteiger partial charge on any atom is -0.451 e. The summed E-state index contributed by atoms with van der Waals surface area (Å²) >= 11 is 0. The third-order valence-corrected chi connectivity index (χ3v) is 4.09. The van der Waals surface area contributed by atoms with E-state index in [0.717, 1.165) is 17.5 Å². The summed E-state index contributed by atoms with van der Waals surface area (Å²) in [6, 6.07) is 11.9. The minimum absolute atomic E-state index is 0.0854. The van der Waals surface area contributed by atoms with Gasteiger partial charge in [0.05, 0.1) is 12.2 Å². The Labute approximate surface area is 153 Å². The van der Waals surface area contributed by atoms with Crippen LogP contribution in [0.25, 0.3) is 11.0 Å². The first-order valence-corrected chi connectivity index (χ1v) is 8.42. The molecular weight excluding hydrogens is 359 g/mol. The first-order chi connectivity index (χ1) is 12.9. The molecule has 142 valence electrons. The summed E-state index contributed by atoms with van der Waals surface area (Å²) in [6.07, 6.45) is -4.38. The third-order valence-electron chi connectivity index (χ3n) is 4.09. The topological polar surface area (TPSA) is 51.5 Å². The lowest BCUT2D eigenvalue weighted by atomic mass is 10.1. The molecule has 0 fully saturated rings. The Hall–Kier alpha value is -2.80. The van der Waals surface area contributed by atoms with Gasteiger partial charge in [-0.25, -0.2) is 0 Å². The molecule has 0 saturated carbocycles. The maximum Gasteiger partial charge on any atom is 0.416 e. The van der Waals surface area contributed by atoms with Gasteiger partial charge in [0.2, 0.25) is 0 Å². The number of carbonyl (C=O) groups is 1. The van der Waals surface area contributed by atoms with Crippen LogP contribution in [0.15, 0.2) is 52.9 Å².